The maximum atomic E-state index is 11.1. The van der Waals surface area contributed by atoms with Crippen LogP contribution in [0.5, 0.6) is 0 Å². The number of nitrogens with two attached hydrogens (primary N) is 1. The number of primary sulfonamides is 1. The van der Waals surface area contributed by atoms with Crippen LogP contribution in [-0.4, -0.2) is 64.5 Å². The third-order valence-corrected chi connectivity index (χ3v) is 4.20. The standard InChI is InChI=1S/C12H22N4O3S/c1-15-6-8-16(9-7-15)5-4-14-10-11-2-3-12(19-11)20(13,17)18/h2-3,14H,4-10H2,1H3,(H2,13,17,18). The molecule has 0 atom stereocenters. The van der Waals surface area contributed by atoms with Gasteiger partial charge < -0.3 is 14.6 Å². The molecule has 114 valence electrons. The Labute approximate surface area is 119 Å². The smallest absolute Gasteiger partial charge is 0.271 e. The molecule has 1 aliphatic heterocycles. The lowest BCUT2D eigenvalue weighted by molar-refractivity contribution is 0.154. The first kappa shape index (κ1) is 15.5. The maximum absolute atomic E-state index is 11.1. The fraction of sp³-hybridized carbons (Fsp3) is 0.667. The Morgan fingerprint density at radius 2 is 2.00 bits per heavy atom. The van der Waals surface area contributed by atoms with Crippen LogP contribution >= 0.6 is 0 Å². The molecule has 0 amide bonds. The molecule has 1 fully saturated rings. The van der Waals surface area contributed by atoms with E-state index in [1.165, 1.54) is 6.07 Å². The van der Waals surface area contributed by atoms with Gasteiger partial charge in [-0.1, -0.05) is 0 Å². The van der Waals surface area contributed by atoms with Crippen molar-refractivity contribution in [2.24, 2.45) is 5.14 Å². The first-order valence-electron chi connectivity index (χ1n) is 6.68. The molecule has 8 heteroatoms. The zero-order valence-corrected chi connectivity index (χ0v) is 12.5. The van der Waals surface area contributed by atoms with E-state index in [0.717, 1.165) is 39.3 Å². The van der Waals surface area contributed by atoms with Crippen molar-refractivity contribution >= 4 is 10.0 Å². The lowest BCUT2D eigenvalue weighted by Gasteiger charge is -2.32. The molecular formula is C12H22N4O3S. The number of nitrogens with zero attached hydrogens (tertiary/aromatic N) is 2. The van der Waals surface area contributed by atoms with E-state index in [0.29, 0.717) is 12.3 Å². The Hall–Kier alpha value is -0.930. The van der Waals surface area contributed by atoms with E-state index in [-0.39, 0.29) is 5.09 Å². The fourth-order valence-corrected chi connectivity index (χ4v) is 2.61. The van der Waals surface area contributed by atoms with Gasteiger partial charge in [-0.25, -0.2) is 13.6 Å². The van der Waals surface area contributed by atoms with Gasteiger partial charge >= 0.3 is 0 Å². The van der Waals surface area contributed by atoms with Crippen LogP contribution in [0.15, 0.2) is 21.6 Å². The average Bonchev–Trinajstić information content (AvgIpc) is 2.85. The van der Waals surface area contributed by atoms with Gasteiger partial charge in [0.15, 0.2) is 0 Å². The molecule has 1 aliphatic rings. The molecule has 1 saturated heterocycles. The van der Waals surface area contributed by atoms with Crippen molar-refractivity contribution < 1.29 is 12.8 Å². The monoisotopic (exact) mass is 302 g/mol. The van der Waals surface area contributed by atoms with Crippen molar-refractivity contribution in [3.05, 3.63) is 17.9 Å². The van der Waals surface area contributed by atoms with Gasteiger partial charge in [0.25, 0.3) is 10.0 Å². The van der Waals surface area contributed by atoms with Gasteiger partial charge in [0.05, 0.1) is 6.54 Å². The second-order valence-corrected chi connectivity index (χ2v) is 6.58. The number of furan rings is 1. The topological polar surface area (TPSA) is 91.8 Å². The van der Waals surface area contributed by atoms with Crippen LogP contribution < -0.4 is 10.5 Å². The molecular weight excluding hydrogens is 280 g/mol. The second kappa shape index (κ2) is 6.68. The lowest BCUT2D eigenvalue weighted by Crippen LogP contribution is -2.46. The Kier molecular flexibility index (Phi) is 5.17. The largest absolute Gasteiger partial charge is 0.447 e. The molecule has 0 unspecified atom stereocenters. The maximum Gasteiger partial charge on any atom is 0.271 e. The highest BCUT2D eigenvalue weighted by Crippen LogP contribution is 2.11. The molecule has 0 radical (unpaired) electrons. The third-order valence-electron chi connectivity index (χ3n) is 3.42. The van der Waals surface area contributed by atoms with Crippen molar-refractivity contribution in [2.75, 3.05) is 46.3 Å². The molecule has 3 N–H and O–H groups in total. The SMILES string of the molecule is CN1CCN(CCNCc2ccc(S(N)(=O)=O)o2)CC1. The van der Waals surface area contributed by atoms with Crippen LogP contribution in [0.3, 0.4) is 0 Å². The Balaban J connectivity index is 1.67. The highest BCUT2D eigenvalue weighted by atomic mass is 32.2. The van der Waals surface area contributed by atoms with Crippen LogP contribution in [0, 0.1) is 0 Å². The van der Waals surface area contributed by atoms with Crippen molar-refractivity contribution in [1.29, 1.82) is 0 Å². The molecule has 0 aromatic carbocycles. The summed E-state index contributed by atoms with van der Waals surface area (Å²) in [6, 6.07) is 3.01. The number of nitrogens with one attached hydrogen (secondary N) is 1. The van der Waals surface area contributed by atoms with Crippen LogP contribution in [-0.2, 0) is 16.6 Å². The highest BCUT2D eigenvalue weighted by Gasteiger charge is 2.14. The van der Waals surface area contributed by atoms with E-state index >= 15 is 0 Å². The fourth-order valence-electron chi connectivity index (χ4n) is 2.13. The molecule has 1 aromatic heterocycles. The molecule has 2 rings (SSSR count). The molecule has 0 aliphatic carbocycles. The summed E-state index contributed by atoms with van der Waals surface area (Å²) in [6.07, 6.45) is 0. The van der Waals surface area contributed by atoms with E-state index in [1.54, 1.807) is 6.07 Å². The number of piperazine rings is 1. The number of hydrogen-bond donors (Lipinski definition) is 2. The number of rotatable bonds is 6. The summed E-state index contributed by atoms with van der Waals surface area (Å²) in [5.41, 5.74) is 0. The van der Waals surface area contributed by atoms with E-state index < -0.39 is 10.0 Å². The number of sulfonamides is 1. The van der Waals surface area contributed by atoms with Gasteiger partial charge in [-0.2, -0.15) is 0 Å². The molecule has 0 bridgehead atoms. The summed E-state index contributed by atoms with van der Waals surface area (Å²) < 4.78 is 27.3. The predicted octanol–water partition coefficient (Wildman–Crippen LogP) is -0.736. The first-order chi connectivity index (χ1) is 9.45. The second-order valence-electron chi connectivity index (χ2n) is 5.09. The average molecular weight is 302 g/mol. The van der Waals surface area contributed by atoms with E-state index in [4.69, 9.17) is 9.56 Å². The number of likely N-dealkylation sites (N-methyl/N-ethyl adjacent to an activating group) is 1. The van der Waals surface area contributed by atoms with Crippen molar-refractivity contribution in [3.63, 3.8) is 0 Å². The predicted molar refractivity (Wildman–Crippen MR) is 75.7 cm³/mol. The van der Waals surface area contributed by atoms with E-state index in [9.17, 15) is 8.42 Å². The molecule has 1 aromatic rings. The van der Waals surface area contributed by atoms with Crippen LogP contribution in [0.2, 0.25) is 0 Å². The summed E-state index contributed by atoms with van der Waals surface area (Å²) in [4.78, 5) is 4.73. The van der Waals surface area contributed by atoms with Gasteiger partial charge in [-0.15, -0.1) is 0 Å². The van der Waals surface area contributed by atoms with Crippen molar-refractivity contribution in [3.8, 4) is 0 Å². The quantitative estimate of drug-likeness (QED) is 0.673. The van der Waals surface area contributed by atoms with Crippen molar-refractivity contribution in [1.82, 2.24) is 15.1 Å². The summed E-state index contributed by atoms with van der Waals surface area (Å²) in [5, 5.41) is 8.03. The third kappa shape index (κ3) is 4.57. The summed E-state index contributed by atoms with van der Waals surface area (Å²) in [5.74, 6) is 0.576. The molecule has 0 spiro atoms. The summed E-state index contributed by atoms with van der Waals surface area (Å²) in [7, 11) is -1.61. The van der Waals surface area contributed by atoms with Crippen LogP contribution in [0.4, 0.5) is 0 Å². The van der Waals surface area contributed by atoms with Gasteiger partial charge in [0, 0.05) is 39.3 Å². The van der Waals surface area contributed by atoms with Gasteiger partial charge in [-0.05, 0) is 19.2 Å². The zero-order chi connectivity index (χ0) is 14.6. The molecule has 2 heterocycles. The van der Waals surface area contributed by atoms with E-state index in [1.807, 2.05) is 0 Å². The minimum atomic E-state index is -3.74. The Morgan fingerprint density at radius 3 is 2.60 bits per heavy atom. The summed E-state index contributed by atoms with van der Waals surface area (Å²) >= 11 is 0. The van der Waals surface area contributed by atoms with Gasteiger partial charge in [0.1, 0.15) is 5.76 Å². The zero-order valence-electron chi connectivity index (χ0n) is 11.7. The van der Waals surface area contributed by atoms with Crippen LogP contribution in [0.1, 0.15) is 5.76 Å². The minimum absolute atomic E-state index is 0.187. The Bertz CT molecular complexity index is 521. The van der Waals surface area contributed by atoms with E-state index in [2.05, 4.69) is 22.2 Å². The molecule has 7 nitrogen and oxygen atoms in total. The molecule has 20 heavy (non-hydrogen) atoms. The minimum Gasteiger partial charge on any atom is -0.447 e. The van der Waals surface area contributed by atoms with Gasteiger partial charge in [0.2, 0.25) is 5.09 Å². The Morgan fingerprint density at radius 1 is 1.30 bits per heavy atom. The number of hydrogen-bond acceptors (Lipinski definition) is 6. The molecule has 0 saturated carbocycles. The highest BCUT2D eigenvalue weighted by molar-refractivity contribution is 7.89. The van der Waals surface area contributed by atoms with Crippen LogP contribution in [0.25, 0.3) is 0 Å². The normalized spacial score (nSPS) is 18.5. The van der Waals surface area contributed by atoms with Crippen molar-refractivity contribution in [2.45, 2.75) is 11.6 Å². The van der Waals surface area contributed by atoms with Gasteiger partial charge in [-0.3, -0.25) is 4.90 Å². The first-order valence-corrected chi connectivity index (χ1v) is 8.23. The summed E-state index contributed by atoms with van der Waals surface area (Å²) in [6.45, 7) is 6.73. The lowest BCUT2D eigenvalue weighted by atomic mass is 10.3.